The van der Waals surface area contributed by atoms with Crippen LogP contribution in [0.1, 0.15) is 32.1 Å². The van der Waals surface area contributed by atoms with Gasteiger partial charge in [-0.15, -0.1) is 11.6 Å². The highest BCUT2D eigenvalue weighted by atomic mass is 35.5. The highest BCUT2D eigenvalue weighted by Gasteiger charge is 2.24. The summed E-state index contributed by atoms with van der Waals surface area (Å²) in [5, 5.41) is 0. The minimum Gasteiger partial charge on any atom is -0.359 e. The van der Waals surface area contributed by atoms with E-state index in [1.807, 2.05) is 0 Å². The number of alkyl halides is 1. The monoisotopic (exact) mass is 279 g/mol. The van der Waals surface area contributed by atoms with Crippen molar-refractivity contribution in [1.29, 1.82) is 0 Å². The molecule has 1 saturated heterocycles. The Morgan fingerprint density at radius 1 is 1.35 bits per heavy atom. The van der Waals surface area contributed by atoms with Crippen LogP contribution in [0, 0.1) is 0 Å². The van der Waals surface area contributed by atoms with Gasteiger partial charge in [-0.1, -0.05) is 12.1 Å². The predicted octanol–water partition coefficient (Wildman–Crippen LogP) is 2.27. The third-order valence-electron chi connectivity index (χ3n) is 3.66. The van der Waals surface area contributed by atoms with E-state index in [1.54, 1.807) is 7.11 Å². The zero-order valence-electron chi connectivity index (χ0n) is 10.9. The molecule has 3 atom stereocenters. The Labute approximate surface area is 112 Å². The second-order valence-electron chi connectivity index (χ2n) is 4.96. The van der Waals surface area contributed by atoms with Gasteiger partial charge in [-0.05, 0) is 37.8 Å². The lowest BCUT2D eigenvalue weighted by Crippen LogP contribution is -2.40. The normalized spacial score (nSPS) is 30.9. The number of ether oxygens (including phenoxy) is 2. The SMILES string of the molecule is COCOC1CCCC(N)[SiH](CCCCl)CC1. The molecule has 1 rings (SSSR count). The van der Waals surface area contributed by atoms with Crippen molar-refractivity contribution in [3.05, 3.63) is 0 Å². The maximum absolute atomic E-state index is 6.29. The molecule has 0 aromatic heterocycles. The maximum Gasteiger partial charge on any atom is 0.146 e. The van der Waals surface area contributed by atoms with Gasteiger partial charge in [0.05, 0.1) is 14.9 Å². The Morgan fingerprint density at radius 2 is 2.18 bits per heavy atom. The molecule has 3 unspecified atom stereocenters. The van der Waals surface area contributed by atoms with E-state index < -0.39 is 8.80 Å². The lowest BCUT2D eigenvalue weighted by molar-refractivity contribution is -0.0758. The zero-order valence-corrected chi connectivity index (χ0v) is 12.8. The van der Waals surface area contributed by atoms with Gasteiger partial charge in [-0.3, -0.25) is 0 Å². The van der Waals surface area contributed by atoms with Crippen molar-refractivity contribution < 1.29 is 9.47 Å². The average molecular weight is 280 g/mol. The second-order valence-corrected chi connectivity index (χ2v) is 8.87. The van der Waals surface area contributed by atoms with Crippen LogP contribution in [-0.2, 0) is 9.47 Å². The van der Waals surface area contributed by atoms with Crippen LogP contribution >= 0.6 is 11.6 Å². The van der Waals surface area contributed by atoms with Crippen LogP contribution in [0.15, 0.2) is 0 Å². The summed E-state index contributed by atoms with van der Waals surface area (Å²) in [5.41, 5.74) is 6.78. The van der Waals surface area contributed by atoms with Gasteiger partial charge < -0.3 is 15.2 Å². The first-order chi connectivity index (χ1) is 8.27. The first kappa shape index (κ1) is 15.4. The van der Waals surface area contributed by atoms with E-state index in [1.165, 1.54) is 24.9 Å². The molecule has 1 fully saturated rings. The molecule has 0 amide bonds. The third-order valence-corrected chi connectivity index (χ3v) is 7.69. The quantitative estimate of drug-likeness (QED) is 0.461. The molecule has 102 valence electrons. The third kappa shape index (κ3) is 6.20. The van der Waals surface area contributed by atoms with Gasteiger partial charge in [0.25, 0.3) is 0 Å². The number of rotatable bonds is 6. The standard InChI is InChI=1S/C12H26ClNO2Si/c1-15-10-16-11-4-2-5-12(14)17(9-6-11)8-3-7-13/h11-12,17H,2-10,14H2,1H3. The van der Waals surface area contributed by atoms with Crippen molar-refractivity contribution in [1.82, 2.24) is 0 Å². The molecule has 0 spiro atoms. The van der Waals surface area contributed by atoms with E-state index in [9.17, 15) is 0 Å². The fraction of sp³-hybridized carbons (Fsp3) is 1.00. The summed E-state index contributed by atoms with van der Waals surface area (Å²) in [6.45, 7) is 0.421. The summed E-state index contributed by atoms with van der Waals surface area (Å²) < 4.78 is 10.7. The summed E-state index contributed by atoms with van der Waals surface area (Å²) in [7, 11) is 0.866. The molecule has 1 heterocycles. The minimum atomic E-state index is -0.812. The van der Waals surface area contributed by atoms with E-state index in [2.05, 4.69) is 0 Å². The van der Waals surface area contributed by atoms with Crippen molar-refractivity contribution in [2.24, 2.45) is 5.73 Å². The molecule has 0 aromatic carbocycles. The van der Waals surface area contributed by atoms with E-state index in [0.717, 1.165) is 25.1 Å². The van der Waals surface area contributed by atoms with E-state index in [4.69, 9.17) is 26.8 Å². The predicted molar refractivity (Wildman–Crippen MR) is 75.3 cm³/mol. The first-order valence-electron chi connectivity index (χ1n) is 6.70. The van der Waals surface area contributed by atoms with E-state index in [-0.39, 0.29) is 0 Å². The minimum absolute atomic E-state index is 0.383. The van der Waals surface area contributed by atoms with Crippen LogP contribution in [0.4, 0.5) is 0 Å². The Morgan fingerprint density at radius 3 is 2.88 bits per heavy atom. The number of hydrogen-bond acceptors (Lipinski definition) is 3. The Balaban J connectivity index is 2.34. The summed E-state index contributed by atoms with van der Waals surface area (Å²) in [6.07, 6.45) is 6.18. The largest absolute Gasteiger partial charge is 0.359 e. The van der Waals surface area contributed by atoms with Gasteiger partial charge in [0.1, 0.15) is 6.79 Å². The van der Waals surface area contributed by atoms with Crippen LogP contribution in [0.2, 0.25) is 12.1 Å². The highest BCUT2D eigenvalue weighted by molar-refractivity contribution is 6.60. The molecule has 0 bridgehead atoms. The van der Waals surface area contributed by atoms with E-state index in [0.29, 0.717) is 18.6 Å². The van der Waals surface area contributed by atoms with Crippen LogP contribution in [0.5, 0.6) is 0 Å². The molecule has 0 saturated carbocycles. The topological polar surface area (TPSA) is 44.5 Å². The van der Waals surface area contributed by atoms with Gasteiger partial charge >= 0.3 is 0 Å². The number of halogens is 1. The van der Waals surface area contributed by atoms with Crippen molar-refractivity contribution in [2.75, 3.05) is 19.8 Å². The fourth-order valence-electron chi connectivity index (χ4n) is 2.60. The Hall–Kier alpha value is 0.387. The molecule has 0 aliphatic carbocycles. The van der Waals surface area contributed by atoms with Crippen LogP contribution in [0.3, 0.4) is 0 Å². The molecule has 1 aliphatic heterocycles. The highest BCUT2D eigenvalue weighted by Crippen LogP contribution is 2.22. The summed E-state index contributed by atoms with van der Waals surface area (Å²) >= 11 is 5.78. The van der Waals surface area contributed by atoms with Crippen LogP contribution in [-0.4, -0.2) is 40.3 Å². The molecular weight excluding hydrogens is 254 g/mol. The molecular formula is C12H26ClNO2Si. The maximum atomic E-state index is 6.29. The smallest absolute Gasteiger partial charge is 0.146 e. The Bertz CT molecular complexity index is 197. The molecule has 2 N–H and O–H groups in total. The van der Waals surface area contributed by atoms with Crippen molar-refractivity contribution in [3.63, 3.8) is 0 Å². The molecule has 0 aromatic rings. The van der Waals surface area contributed by atoms with Crippen molar-refractivity contribution >= 4 is 20.4 Å². The number of hydrogen-bond donors (Lipinski definition) is 1. The van der Waals surface area contributed by atoms with Crippen LogP contribution in [0.25, 0.3) is 0 Å². The van der Waals surface area contributed by atoms with E-state index >= 15 is 0 Å². The van der Waals surface area contributed by atoms with Crippen LogP contribution < -0.4 is 5.73 Å². The number of methoxy groups -OCH3 is 1. The first-order valence-corrected chi connectivity index (χ1v) is 9.53. The van der Waals surface area contributed by atoms with Gasteiger partial charge in [0, 0.05) is 13.0 Å². The van der Waals surface area contributed by atoms with Gasteiger partial charge in [-0.2, -0.15) is 0 Å². The summed E-state index contributed by atoms with van der Waals surface area (Å²) in [5.74, 6) is 0.778. The zero-order chi connectivity index (χ0) is 12.5. The van der Waals surface area contributed by atoms with Crippen molar-refractivity contribution in [2.45, 2.75) is 56.0 Å². The Kier molecular flexibility index (Phi) is 8.48. The molecule has 0 radical (unpaired) electrons. The molecule has 1 aliphatic rings. The van der Waals surface area contributed by atoms with Gasteiger partial charge in [-0.25, -0.2) is 0 Å². The molecule has 17 heavy (non-hydrogen) atoms. The van der Waals surface area contributed by atoms with Gasteiger partial charge in [0.15, 0.2) is 0 Å². The average Bonchev–Trinajstić information content (AvgIpc) is 2.32. The fourth-order valence-corrected chi connectivity index (χ4v) is 6.40. The second kappa shape index (κ2) is 9.33. The van der Waals surface area contributed by atoms with Crippen molar-refractivity contribution in [3.8, 4) is 0 Å². The summed E-state index contributed by atoms with van der Waals surface area (Å²) in [6, 6.07) is 2.59. The van der Waals surface area contributed by atoms with Gasteiger partial charge in [0.2, 0.25) is 0 Å². The number of nitrogens with two attached hydrogens (primary N) is 1. The summed E-state index contributed by atoms with van der Waals surface area (Å²) in [4.78, 5) is 0. The molecule has 5 heteroatoms. The lowest BCUT2D eigenvalue weighted by Gasteiger charge is -2.28. The lowest BCUT2D eigenvalue weighted by atomic mass is 10.1. The molecule has 3 nitrogen and oxygen atoms in total.